The summed E-state index contributed by atoms with van der Waals surface area (Å²) in [5, 5.41) is 0. The summed E-state index contributed by atoms with van der Waals surface area (Å²) in [5.74, 6) is 0. The van der Waals surface area contributed by atoms with Crippen molar-refractivity contribution < 1.29 is 31.1 Å². The first-order chi connectivity index (χ1) is 4.33. The van der Waals surface area contributed by atoms with Gasteiger partial charge in [-0.1, -0.05) is 0 Å². The van der Waals surface area contributed by atoms with Crippen molar-refractivity contribution in [3.8, 4) is 0 Å². The Kier molecular flexibility index (Phi) is 5.88. The highest BCUT2D eigenvalue weighted by Crippen LogP contribution is 2.22. The minimum absolute atomic E-state index is 0. The maximum Gasteiger partial charge on any atom is 0.525 e. The van der Waals surface area contributed by atoms with Crippen molar-refractivity contribution in [1.29, 1.82) is 0 Å². The van der Waals surface area contributed by atoms with Crippen LogP contribution in [-0.2, 0) is 4.74 Å². The summed E-state index contributed by atoms with van der Waals surface area (Å²) in [6.07, 6.45) is -12.7. The van der Waals surface area contributed by atoms with Crippen LogP contribution in [0.1, 0.15) is 0 Å². The largest absolute Gasteiger partial charge is 0.525 e. The molecule has 0 bridgehead atoms. The lowest BCUT2D eigenvalue weighted by Gasteiger charge is -2.09. The molecule has 70 valence electrons. The van der Waals surface area contributed by atoms with E-state index in [4.69, 9.17) is 0 Å². The molecule has 0 N–H and O–H groups in total. The van der Waals surface area contributed by atoms with Gasteiger partial charge in [0, 0.05) is 0 Å². The summed E-state index contributed by atoms with van der Waals surface area (Å²) in [7, 11) is 0. The molecule has 1 nitrogen and oxygen atoms in total. The number of hydrogen-bond donors (Lipinski definition) is 0. The highest BCUT2D eigenvalue weighted by Gasteiger charge is 2.37. The lowest BCUT2D eigenvalue weighted by Crippen LogP contribution is -2.25. The van der Waals surface area contributed by atoms with Gasteiger partial charge in [-0.2, -0.15) is 9.90 Å². The molecule has 2 atom stereocenters. The fraction of sp³-hybridized carbons (Fsp3) is 1.00. The zero-order valence-electron chi connectivity index (χ0n) is 5.04. The van der Waals surface area contributed by atoms with E-state index >= 15 is 0 Å². The van der Waals surface area contributed by atoms with Gasteiger partial charge in [0.15, 0.2) is 0 Å². The zero-order chi connectivity index (χ0) is 8.36. The maximum atomic E-state index is 11.3. The average Bonchev–Trinajstić information content (AvgIpc) is 1.60. The van der Waals surface area contributed by atoms with Crippen molar-refractivity contribution in [2.45, 2.75) is 19.1 Å². The molecular formula is C3H5F6OP. The Morgan fingerprint density at radius 2 is 1.36 bits per heavy atom. The Hall–Kier alpha value is -0.0300. The van der Waals surface area contributed by atoms with Crippen LogP contribution in [0.3, 0.4) is 0 Å². The van der Waals surface area contributed by atoms with Crippen LogP contribution in [0.5, 0.6) is 0 Å². The molecule has 8 heteroatoms. The number of hydrogen-bond acceptors (Lipinski definition) is 1. The molecule has 0 rings (SSSR count). The predicted octanol–water partition coefficient (Wildman–Crippen LogP) is 2.14. The molecule has 2 unspecified atom stereocenters. The third kappa shape index (κ3) is 7.87. The number of ether oxygens (including phenoxy) is 1. The summed E-state index contributed by atoms with van der Waals surface area (Å²) in [5.41, 5.74) is 0. The molecule has 0 aromatic carbocycles. The van der Waals surface area contributed by atoms with Crippen LogP contribution in [0, 0.1) is 0 Å². The molecule has 0 heterocycles. The van der Waals surface area contributed by atoms with Gasteiger partial charge < -0.3 is 0 Å². The topological polar surface area (TPSA) is 9.23 Å². The average molecular weight is 202 g/mol. The van der Waals surface area contributed by atoms with Gasteiger partial charge in [-0.15, -0.1) is 13.2 Å². The summed E-state index contributed by atoms with van der Waals surface area (Å²) in [6.45, 7) is 0. The zero-order valence-corrected chi connectivity index (χ0v) is 6.45. The second kappa shape index (κ2) is 4.77. The third-order valence-corrected chi connectivity index (χ3v) is 0.444. The van der Waals surface area contributed by atoms with Gasteiger partial charge in [-0.3, -0.25) is 4.74 Å². The van der Waals surface area contributed by atoms with Gasteiger partial charge in [0.2, 0.25) is 0 Å². The standard InChI is InChI=1S/C3H2F6O.H3P/c4-1(5)2(6)10-3(7,8)9;/h1-2H;1H3. The van der Waals surface area contributed by atoms with Crippen molar-refractivity contribution in [2.24, 2.45) is 0 Å². The lowest BCUT2D eigenvalue weighted by atomic mass is 10.7. The normalized spacial score (nSPS) is 14.5. The molecule has 0 aromatic rings. The maximum absolute atomic E-state index is 11.3. The first-order valence-electron chi connectivity index (χ1n) is 1.99. The van der Waals surface area contributed by atoms with E-state index in [2.05, 4.69) is 4.74 Å². The van der Waals surface area contributed by atoms with E-state index in [-0.39, 0.29) is 9.90 Å². The Balaban J connectivity index is 0. The molecule has 0 aliphatic rings. The number of halogens is 6. The third-order valence-electron chi connectivity index (χ3n) is 0.444. The van der Waals surface area contributed by atoms with Crippen molar-refractivity contribution in [3.05, 3.63) is 0 Å². The van der Waals surface area contributed by atoms with Crippen LogP contribution in [-0.4, -0.2) is 19.1 Å². The molecule has 0 aliphatic carbocycles. The fourth-order valence-electron chi connectivity index (χ4n) is 0.179. The molecule has 0 saturated carbocycles. The van der Waals surface area contributed by atoms with Crippen LogP contribution < -0.4 is 0 Å². The van der Waals surface area contributed by atoms with Crippen LogP contribution in [0.25, 0.3) is 0 Å². The van der Waals surface area contributed by atoms with E-state index in [1.807, 2.05) is 0 Å². The van der Waals surface area contributed by atoms with Crippen LogP contribution in [0.4, 0.5) is 26.3 Å². The summed E-state index contributed by atoms with van der Waals surface area (Å²) in [6, 6.07) is 0. The van der Waals surface area contributed by atoms with Gasteiger partial charge in [0.25, 0.3) is 12.8 Å². The SMILES string of the molecule is FC(F)C(F)OC(F)(F)F.P. The molecule has 0 amide bonds. The Morgan fingerprint density at radius 3 is 1.45 bits per heavy atom. The van der Waals surface area contributed by atoms with Crippen molar-refractivity contribution >= 4 is 9.90 Å². The van der Waals surface area contributed by atoms with E-state index in [1.165, 1.54) is 0 Å². The summed E-state index contributed by atoms with van der Waals surface area (Å²) < 4.78 is 68.1. The highest BCUT2D eigenvalue weighted by atomic mass is 31.0. The minimum atomic E-state index is -5.35. The Bertz CT molecular complexity index is 102. The molecule has 11 heavy (non-hydrogen) atoms. The van der Waals surface area contributed by atoms with Crippen molar-refractivity contribution in [2.75, 3.05) is 0 Å². The summed E-state index contributed by atoms with van der Waals surface area (Å²) in [4.78, 5) is 0. The van der Waals surface area contributed by atoms with Gasteiger partial charge in [-0.25, -0.2) is 13.2 Å². The molecule has 0 saturated heterocycles. The molecule has 0 radical (unpaired) electrons. The van der Waals surface area contributed by atoms with Crippen LogP contribution in [0.15, 0.2) is 0 Å². The Labute approximate surface area is 61.3 Å². The second-order valence-electron chi connectivity index (χ2n) is 1.25. The monoisotopic (exact) mass is 202 g/mol. The van der Waals surface area contributed by atoms with Gasteiger partial charge in [-0.05, 0) is 0 Å². The molecule has 0 spiro atoms. The van der Waals surface area contributed by atoms with Crippen molar-refractivity contribution in [3.63, 3.8) is 0 Å². The van der Waals surface area contributed by atoms with Gasteiger partial charge >= 0.3 is 6.36 Å². The quantitative estimate of drug-likeness (QED) is 0.492. The van der Waals surface area contributed by atoms with Crippen LogP contribution in [0.2, 0.25) is 0 Å². The predicted molar refractivity (Wildman–Crippen MR) is 29.1 cm³/mol. The van der Waals surface area contributed by atoms with Crippen molar-refractivity contribution in [1.82, 2.24) is 0 Å². The lowest BCUT2D eigenvalue weighted by molar-refractivity contribution is -0.373. The minimum Gasteiger partial charge on any atom is -0.251 e. The van der Waals surface area contributed by atoms with E-state index < -0.39 is 19.1 Å². The Morgan fingerprint density at radius 1 is 1.00 bits per heavy atom. The highest BCUT2D eigenvalue weighted by molar-refractivity contribution is 6.92. The molecule has 0 aromatic heterocycles. The smallest absolute Gasteiger partial charge is 0.251 e. The van der Waals surface area contributed by atoms with E-state index in [1.54, 1.807) is 0 Å². The molecular weight excluding hydrogens is 197 g/mol. The first kappa shape index (κ1) is 13.6. The van der Waals surface area contributed by atoms with E-state index in [0.29, 0.717) is 0 Å². The van der Waals surface area contributed by atoms with Gasteiger partial charge in [0.1, 0.15) is 0 Å². The second-order valence-corrected chi connectivity index (χ2v) is 1.25. The van der Waals surface area contributed by atoms with E-state index in [9.17, 15) is 26.3 Å². The number of rotatable bonds is 2. The molecule has 0 fully saturated rings. The number of alkyl halides is 6. The van der Waals surface area contributed by atoms with E-state index in [0.717, 1.165) is 0 Å². The van der Waals surface area contributed by atoms with Gasteiger partial charge in [0.05, 0.1) is 0 Å². The summed E-state index contributed by atoms with van der Waals surface area (Å²) >= 11 is 0. The fourth-order valence-corrected chi connectivity index (χ4v) is 0.179. The molecule has 0 aliphatic heterocycles. The van der Waals surface area contributed by atoms with Crippen LogP contribution >= 0.6 is 9.90 Å². The first-order valence-corrected chi connectivity index (χ1v) is 1.99.